The number of aromatic nitrogens is 2. The second-order valence-electron chi connectivity index (χ2n) is 4.62. The van der Waals surface area contributed by atoms with Crippen molar-refractivity contribution in [2.45, 2.75) is 25.4 Å². The molecule has 4 heteroatoms. The standard InChI is InChI=1S/C11H18N2O2/c1-11(14,10-3-4-15-8-10)5-9-6-12-13(2)7-9/h6-7,10,14H,3-5,8H2,1-2H3. The summed E-state index contributed by atoms with van der Waals surface area (Å²) in [5.74, 6) is 0.248. The van der Waals surface area contributed by atoms with Gasteiger partial charge in [-0.25, -0.2) is 0 Å². The van der Waals surface area contributed by atoms with Gasteiger partial charge in [0.1, 0.15) is 0 Å². The number of hydrogen-bond donors (Lipinski definition) is 1. The lowest BCUT2D eigenvalue weighted by atomic mass is 9.84. The third kappa shape index (κ3) is 2.38. The molecule has 0 amide bonds. The van der Waals surface area contributed by atoms with Crippen molar-refractivity contribution in [1.82, 2.24) is 9.78 Å². The highest BCUT2D eigenvalue weighted by Crippen LogP contribution is 2.28. The largest absolute Gasteiger partial charge is 0.389 e. The van der Waals surface area contributed by atoms with E-state index in [1.165, 1.54) is 0 Å². The van der Waals surface area contributed by atoms with Crippen LogP contribution in [0.5, 0.6) is 0 Å². The minimum atomic E-state index is -0.681. The summed E-state index contributed by atoms with van der Waals surface area (Å²) < 4.78 is 7.07. The van der Waals surface area contributed by atoms with Gasteiger partial charge < -0.3 is 9.84 Å². The van der Waals surface area contributed by atoms with Crippen molar-refractivity contribution < 1.29 is 9.84 Å². The maximum Gasteiger partial charge on any atom is 0.0711 e. The molecular weight excluding hydrogens is 192 g/mol. The Morgan fingerprint density at radius 2 is 2.53 bits per heavy atom. The summed E-state index contributed by atoms with van der Waals surface area (Å²) in [7, 11) is 1.89. The molecule has 1 saturated heterocycles. The average molecular weight is 210 g/mol. The Labute approximate surface area is 89.9 Å². The van der Waals surface area contributed by atoms with Crippen LogP contribution in [-0.2, 0) is 18.2 Å². The van der Waals surface area contributed by atoms with Crippen molar-refractivity contribution in [3.8, 4) is 0 Å². The van der Waals surface area contributed by atoms with E-state index in [-0.39, 0.29) is 5.92 Å². The zero-order valence-electron chi connectivity index (χ0n) is 9.31. The SMILES string of the molecule is Cn1cc(CC(C)(O)C2CCOC2)cn1. The van der Waals surface area contributed by atoms with Gasteiger partial charge in [-0.2, -0.15) is 5.10 Å². The number of rotatable bonds is 3. The van der Waals surface area contributed by atoms with Gasteiger partial charge in [-0.15, -0.1) is 0 Å². The molecule has 2 atom stereocenters. The third-order valence-corrected chi connectivity index (χ3v) is 3.13. The molecule has 0 spiro atoms. The number of aryl methyl sites for hydroxylation is 1. The van der Waals surface area contributed by atoms with Crippen molar-refractivity contribution in [2.75, 3.05) is 13.2 Å². The van der Waals surface area contributed by atoms with Gasteiger partial charge >= 0.3 is 0 Å². The predicted octanol–water partition coefficient (Wildman–Crippen LogP) is 0.750. The van der Waals surface area contributed by atoms with E-state index < -0.39 is 5.60 Å². The molecule has 2 unspecified atom stereocenters. The third-order valence-electron chi connectivity index (χ3n) is 3.13. The van der Waals surface area contributed by atoms with E-state index in [1.54, 1.807) is 4.68 Å². The Morgan fingerprint density at radius 3 is 3.07 bits per heavy atom. The minimum Gasteiger partial charge on any atom is -0.389 e. The Balaban J connectivity index is 2.02. The fourth-order valence-electron chi connectivity index (χ4n) is 2.15. The highest BCUT2D eigenvalue weighted by Gasteiger charge is 2.34. The van der Waals surface area contributed by atoms with Crippen LogP contribution in [0.2, 0.25) is 0 Å². The monoisotopic (exact) mass is 210 g/mol. The maximum absolute atomic E-state index is 10.4. The molecule has 1 aromatic heterocycles. The molecule has 0 bridgehead atoms. The van der Waals surface area contributed by atoms with Crippen LogP contribution in [0.25, 0.3) is 0 Å². The summed E-state index contributed by atoms with van der Waals surface area (Å²) in [5, 5.41) is 14.5. The van der Waals surface area contributed by atoms with Gasteiger partial charge in [0.2, 0.25) is 0 Å². The normalized spacial score (nSPS) is 25.4. The second-order valence-corrected chi connectivity index (χ2v) is 4.62. The van der Waals surface area contributed by atoms with Gasteiger partial charge in [0.15, 0.2) is 0 Å². The molecule has 1 aliphatic rings. The van der Waals surface area contributed by atoms with Crippen LogP contribution < -0.4 is 0 Å². The number of ether oxygens (including phenoxy) is 1. The number of aliphatic hydroxyl groups is 1. The summed E-state index contributed by atoms with van der Waals surface area (Å²) in [6.07, 6.45) is 5.36. The van der Waals surface area contributed by atoms with E-state index in [9.17, 15) is 5.11 Å². The Hall–Kier alpha value is -0.870. The molecule has 1 aromatic rings. The van der Waals surface area contributed by atoms with Gasteiger partial charge in [-0.05, 0) is 18.9 Å². The van der Waals surface area contributed by atoms with Crippen LogP contribution in [0.15, 0.2) is 12.4 Å². The van der Waals surface area contributed by atoms with E-state index in [0.717, 1.165) is 18.6 Å². The molecule has 2 rings (SSSR count). The van der Waals surface area contributed by atoms with E-state index in [0.29, 0.717) is 13.0 Å². The smallest absolute Gasteiger partial charge is 0.0711 e. The first-order valence-corrected chi connectivity index (χ1v) is 5.35. The zero-order chi connectivity index (χ0) is 10.9. The molecule has 0 aromatic carbocycles. The van der Waals surface area contributed by atoms with Gasteiger partial charge in [0, 0.05) is 32.2 Å². The van der Waals surface area contributed by atoms with Crippen molar-refractivity contribution in [2.24, 2.45) is 13.0 Å². The van der Waals surface area contributed by atoms with Crippen LogP contribution in [0.3, 0.4) is 0 Å². The molecule has 0 saturated carbocycles. The van der Waals surface area contributed by atoms with Crippen LogP contribution in [-0.4, -0.2) is 33.7 Å². The van der Waals surface area contributed by atoms with Crippen LogP contribution >= 0.6 is 0 Å². The van der Waals surface area contributed by atoms with E-state index in [2.05, 4.69) is 5.10 Å². The highest BCUT2D eigenvalue weighted by molar-refractivity contribution is 5.08. The molecule has 15 heavy (non-hydrogen) atoms. The summed E-state index contributed by atoms with van der Waals surface area (Å²) in [4.78, 5) is 0. The first-order valence-electron chi connectivity index (χ1n) is 5.35. The topological polar surface area (TPSA) is 47.3 Å². The molecule has 0 radical (unpaired) electrons. The zero-order valence-corrected chi connectivity index (χ0v) is 9.31. The van der Waals surface area contributed by atoms with E-state index in [1.807, 2.05) is 26.4 Å². The molecule has 1 fully saturated rings. The summed E-state index contributed by atoms with van der Waals surface area (Å²) in [5.41, 5.74) is 0.397. The van der Waals surface area contributed by atoms with Crippen molar-refractivity contribution in [1.29, 1.82) is 0 Å². The predicted molar refractivity (Wildman–Crippen MR) is 56.5 cm³/mol. The molecule has 2 heterocycles. The molecule has 0 aliphatic carbocycles. The lowest BCUT2D eigenvalue weighted by molar-refractivity contribution is -0.00455. The van der Waals surface area contributed by atoms with Gasteiger partial charge in [0.05, 0.1) is 18.4 Å². The minimum absolute atomic E-state index is 0.248. The molecule has 1 N–H and O–H groups in total. The van der Waals surface area contributed by atoms with Crippen molar-refractivity contribution in [3.63, 3.8) is 0 Å². The fourth-order valence-corrected chi connectivity index (χ4v) is 2.15. The molecule has 84 valence electrons. The van der Waals surface area contributed by atoms with Crippen LogP contribution in [0, 0.1) is 5.92 Å². The maximum atomic E-state index is 10.4. The molecule has 4 nitrogen and oxygen atoms in total. The molecular formula is C11H18N2O2. The van der Waals surface area contributed by atoms with E-state index in [4.69, 9.17) is 4.74 Å². The van der Waals surface area contributed by atoms with Crippen molar-refractivity contribution in [3.05, 3.63) is 18.0 Å². The summed E-state index contributed by atoms with van der Waals surface area (Å²) >= 11 is 0. The van der Waals surface area contributed by atoms with Gasteiger partial charge in [0.25, 0.3) is 0 Å². The first kappa shape index (κ1) is 10.6. The average Bonchev–Trinajstić information content (AvgIpc) is 2.75. The summed E-state index contributed by atoms with van der Waals surface area (Å²) in [6, 6.07) is 0. The number of nitrogens with zero attached hydrogens (tertiary/aromatic N) is 2. The van der Waals surface area contributed by atoms with Crippen molar-refractivity contribution >= 4 is 0 Å². The Bertz CT molecular complexity index is 327. The quantitative estimate of drug-likeness (QED) is 0.801. The summed E-state index contributed by atoms with van der Waals surface area (Å²) in [6.45, 7) is 3.33. The Morgan fingerprint density at radius 1 is 1.73 bits per heavy atom. The lowest BCUT2D eigenvalue weighted by Gasteiger charge is -2.28. The lowest BCUT2D eigenvalue weighted by Crippen LogP contribution is -2.37. The van der Waals surface area contributed by atoms with Gasteiger partial charge in [-0.1, -0.05) is 0 Å². The molecule has 1 aliphatic heterocycles. The van der Waals surface area contributed by atoms with Crippen LogP contribution in [0.1, 0.15) is 18.9 Å². The van der Waals surface area contributed by atoms with E-state index >= 15 is 0 Å². The number of hydrogen-bond acceptors (Lipinski definition) is 3. The van der Waals surface area contributed by atoms with Gasteiger partial charge in [-0.3, -0.25) is 4.68 Å². The Kier molecular flexibility index (Phi) is 2.80. The second kappa shape index (κ2) is 3.94. The first-order chi connectivity index (χ1) is 7.08. The van der Waals surface area contributed by atoms with Crippen LogP contribution in [0.4, 0.5) is 0 Å². The highest BCUT2D eigenvalue weighted by atomic mass is 16.5. The fraction of sp³-hybridized carbons (Fsp3) is 0.727.